The van der Waals surface area contributed by atoms with Gasteiger partial charge in [0.05, 0.1) is 0 Å². The van der Waals surface area contributed by atoms with Crippen LogP contribution in [0.4, 0.5) is 13.2 Å². The van der Waals surface area contributed by atoms with Crippen molar-refractivity contribution in [1.29, 1.82) is 0 Å². The SMILES string of the molecule is C[I-]Sc1ccc(Br)nc1-c1nc2cc(C(F)(F)F)nc(C)c2n1C. The Morgan fingerprint density at radius 2 is 1.92 bits per heavy atom. The van der Waals surface area contributed by atoms with Crippen molar-refractivity contribution < 1.29 is 33.0 Å². The minimum atomic E-state index is -4.50. The molecule has 0 saturated carbocycles. The van der Waals surface area contributed by atoms with Crippen LogP contribution in [0.3, 0.4) is 0 Å². The van der Waals surface area contributed by atoms with Crippen molar-refractivity contribution in [1.82, 2.24) is 19.5 Å². The summed E-state index contributed by atoms with van der Waals surface area (Å²) in [6.45, 7) is 1.56. The molecule has 0 aliphatic heterocycles. The van der Waals surface area contributed by atoms with Gasteiger partial charge in [-0.15, -0.1) is 0 Å². The molecule has 0 radical (unpaired) electrons. The van der Waals surface area contributed by atoms with E-state index < -0.39 is 11.9 Å². The van der Waals surface area contributed by atoms with Crippen LogP contribution in [0.1, 0.15) is 11.4 Å². The van der Waals surface area contributed by atoms with Crippen LogP contribution in [-0.4, -0.2) is 24.4 Å². The summed E-state index contributed by atoms with van der Waals surface area (Å²) in [5, 5.41) is 0. The van der Waals surface area contributed by atoms with E-state index in [0.29, 0.717) is 21.6 Å². The zero-order valence-corrected chi connectivity index (χ0v) is 17.9. The Balaban J connectivity index is 2.27. The van der Waals surface area contributed by atoms with Gasteiger partial charge in [0.1, 0.15) is 0 Å². The summed E-state index contributed by atoms with van der Waals surface area (Å²) in [6.07, 6.45) is -4.50. The van der Waals surface area contributed by atoms with Crippen molar-refractivity contribution >= 4 is 35.9 Å². The maximum atomic E-state index is 13.0. The first-order chi connectivity index (χ1) is 11.7. The molecule has 3 heterocycles. The molecule has 0 spiro atoms. The molecule has 3 aromatic rings. The molecule has 0 bridgehead atoms. The van der Waals surface area contributed by atoms with Crippen molar-refractivity contribution in [3.05, 3.63) is 34.2 Å². The van der Waals surface area contributed by atoms with E-state index in [2.05, 4.69) is 35.8 Å². The summed E-state index contributed by atoms with van der Waals surface area (Å²) in [7, 11) is 3.48. The zero-order chi connectivity index (χ0) is 18.4. The maximum absolute atomic E-state index is 13.0. The van der Waals surface area contributed by atoms with Crippen LogP contribution in [0.5, 0.6) is 0 Å². The van der Waals surface area contributed by atoms with Crippen LogP contribution in [-0.2, 0) is 13.2 Å². The second kappa shape index (κ2) is 7.03. The molecule has 0 saturated heterocycles. The van der Waals surface area contributed by atoms with Crippen molar-refractivity contribution in [3.63, 3.8) is 0 Å². The molecule has 0 aliphatic rings. The molecule has 0 fully saturated rings. The van der Waals surface area contributed by atoms with Gasteiger partial charge < -0.3 is 0 Å². The summed E-state index contributed by atoms with van der Waals surface area (Å²) in [6, 6.07) is 4.79. The summed E-state index contributed by atoms with van der Waals surface area (Å²) < 4.78 is 41.5. The van der Waals surface area contributed by atoms with Gasteiger partial charge in [0.2, 0.25) is 0 Å². The first-order valence-electron chi connectivity index (χ1n) is 6.97. The predicted molar refractivity (Wildman–Crippen MR) is 91.0 cm³/mol. The minimum absolute atomic E-state index is 0.0883. The van der Waals surface area contributed by atoms with E-state index in [-0.39, 0.29) is 31.0 Å². The summed E-state index contributed by atoms with van der Waals surface area (Å²) in [4.78, 5) is 15.8. The quantitative estimate of drug-likeness (QED) is 0.287. The molecule has 10 heteroatoms. The van der Waals surface area contributed by atoms with Crippen LogP contribution in [0.2, 0.25) is 0 Å². The molecular weight excluding hydrogens is 532 g/mol. The molecule has 0 atom stereocenters. The van der Waals surface area contributed by atoms with E-state index in [9.17, 15) is 13.2 Å². The molecule has 4 nitrogen and oxygen atoms in total. The van der Waals surface area contributed by atoms with E-state index in [1.54, 1.807) is 27.5 Å². The van der Waals surface area contributed by atoms with E-state index >= 15 is 0 Å². The molecule has 0 aliphatic carbocycles. The number of aryl methyl sites for hydroxylation is 2. The van der Waals surface area contributed by atoms with Gasteiger partial charge >= 0.3 is 164 Å². The number of fused-ring (bicyclic) bond motifs is 1. The zero-order valence-electron chi connectivity index (χ0n) is 13.3. The van der Waals surface area contributed by atoms with E-state index in [1.807, 2.05) is 12.1 Å². The molecule has 0 amide bonds. The van der Waals surface area contributed by atoms with Crippen LogP contribution < -0.4 is 19.8 Å². The van der Waals surface area contributed by atoms with Crippen molar-refractivity contribution in [2.75, 3.05) is 4.93 Å². The third-order valence-corrected chi connectivity index (χ3v) is 7.35. The Kier molecular flexibility index (Phi) is 5.31. The third-order valence-electron chi connectivity index (χ3n) is 3.51. The average Bonchev–Trinajstić information content (AvgIpc) is 2.86. The van der Waals surface area contributed by atoms with Crippen molar-refractivity contribution in [2.24, 2.45) is 7.05 Å². The van der Waals surface area contributed by atoms with Gasteiger partial charge in [-0.1, -0.05) is 0 Å². The normalized spacial score (nSPS) is 12.3. The molecule has 25 heavy (non-hydrogen) atoms. The van der Waals surface area contributed by atoms with Gasteiger partial charge in [-0.25, -0.2) is 0 Å². The predicted octanol–water partition coefficient (Wildman–Crippen LogP) is 1.85. The number of alkyl halides is 4. The molecule has 3 aromatic heterocycles. The number of hydrogen-bond donors (Lipinski definition) is 0. The third kappa shape index (κ3) is 3.65. The van der Waals surface area contributed by atoms with Crippen molar-refractivity contribution in [3.8, 4) is 11.5 Å². The molecule has 3 rings (SSSR count). The Hall–Kier alpha value is -0.880. The second-order valence-corrected chi connectivity index (χ2v) is 10.8. The summed E-state index contributed by atoms with van der Waals surface area (Å²) in [5.74, 6) is 0.528. The van der Waals surface area contributed by atoms with E-state index in [4.69, 9.17) is 0 Å². The number of nitrogens with zero attached hydrogens (tertiary/aromatic N) is 4. The molecular formula is C15H12BrF3IN4S-. The van der Waals surface area contributed by atoms with Gasteiger partial charge in [0.25, 0.3) is 0 Å². The van der Waals surface area contributed by atoms with Crippen molar-refractivity contribution in [2.45, 2.75) is 18.0 Å². The Bertz CT molecular complexity index is 958. The molecule has 0 N–H and O–H groups in total. The van der Waals surface area contributed by atoms with Crippen LogP contribution >= 0.6 is 24.9 Å². The summed E-state index contributed by atoms with van der Waals surface area (Å²) in [5.41, 5.74) is 0.859. The summed E-state index contributed by atoms with van der Waals surface area (Å²) >= 11 is 3.27. The number of aromatic nitrogens is 4. The number of pyridine rings is 2. The molecule has 134 valence electrons. The topological polar surface area (TPSA) is 43.6 Å². The fraction of sp³-hybridized carbons (Fsp3) is 0.267. The fourth-order valence-corrected chi connectivity index (χ4v) is 5.82. The Morgan fingerprint density at radius 1 is 1.20 bits per heavy atom. The van der Waals surface area contributed by atoms with Crippen LogP contribution in [0, 0.1) is 6.92 Å². The number of hydrogen-bond acceptors (Lipinski definition) is 4. The van der Waals surface area contributed by atoms with Gasteiger partial charge in [0.15, 0.2) is 0 Å². The Labute approximate surface area is 163 Å². The number of imidazole rings is 1. The Morgan fingerprint density at radius 3 is 2.56 bits per heavy atom. The number of rotatable bonds is 3. The second-order valence-electron chi connectivity index (χ2n) is 5.16. The van der Waals surface area contributed by atoms with E-state index in [0.717, 1.165) is 11.0 Å². The van der Waals surface area contributed by atoms with Crippen LogP contribution in [0.25, 0.3) is 22.6 Å². The number of halogens is 5. The van der Waals surface area contributed by atoms with Gasteiger partial charge in [-0.05, 0) is 0 Å². The van der Waals surface area contributed by atoms with E-state index in [1.165, 1.54) is 0 Å². The standard InChI is InChI=1S/C15H12BrF3IN4S/c1-7-13-8(6-10(21-7)15(17,18)19)22-14(24(13)3)12-9(25-20-2)4-5-11(16)23-12/h4-6H,1-3H3/q-1. The average molecular weight is 544 g/mol. The monoisotopic (exact) mass is 543 g/mol. The van der Waals surface area contributed by atoms with Gasteiger partial charge in [0, 0.05) is 0 Å². The first-order valence-corrected chi connectivity index (χ1v) is 13.3. The van der Waals surface area contributed by atoms with Gasteiger partial charge in [-0.2, -0.15) is 0 Å². The molecule has 0 unspecified atom stereocenters. The van der Waals surface area contributed by atoms with Crippen LogP contribution in [0.15, 0.2) is 27.7 Å². The molecule has 0 aromatic carbocycles. The first kappa shape index (κ1) is 18.9. The van der Waals surface area contributed by atoms with Gasteiger partial charge in [-0.3, -0.25) is 0 Å². The fourth-order valence-electron chi connectivity index (χ4n) is 2.53.